The van der Waals surface area contributed by atoms with E-state index in [0.29, 0.717) is 30.9 Å². The standard InChI is InChI=1S/C23H28N4O4S/c1-2-3-7-20(25-22-19-6-4-5-8-21(19)32(29,30)26-22)23(28)24-17-9-11-18(12-10-17)27-13-15-31-16-14-27/h4-6,8-12,20H,2-3,7,13-16H2,1H3,(H,24,28)(H,25,26). The minimum atomic E-state index is -3.65. The zero-order chi connectivity index (χ0) is 22.6. The number of amides is 1. The number of nitrogens with zero attached hydrogens (tertiary/aromatic N) is 2. The van der Waals surface area contributed by atoms with Crippen LogP contribution in [0.25, 0.3) is 0 Å². The summed E-state index contributed by atoms with van der Waals surface area (Å²) in [5.74, 6) is -0.0341. The number of sulfonamides is 1. The van der Waals surface area contributed by atoms with Gasteiger partial charge in [-0.25, -0.2) is 8.42 Å². The molecule has 0 saturated carbocycles. The summed E-state index contributed by atoms with van der Waals surface area (Å²) in [6.45, 7) is 5.16. The summed E-state index contributed by atoms with van der Waals surface area (Å²) in [5, 5.41) is 2.93. The number of benzene rings is 2. The maximum atomic E-state index is 13.0. The van der Waals surface area contributed by atoms with Crippen LogP contribution in [0.2, 0.25) is 0 Å². The molecule has 1 saturated heterocycles. The Bertz CT molecular complexity index is 1090. The predicted molar refractivity (Wildman–Crippen MR) is 125 cm³/mol. The highest BCUT2D eigenvalue weighted by Crippen LogP contribution is 2.24. The fourth-order valence-corrected chi connectivity index (χ4v) is 5.08. The molecule has 2 aromatic carbocycles. The summed E-state index contributed by atoms with van der Waals surface area (Å²) >= 11 is 0. The Hall–Kier alpha value is -2.91. The van der Waals surface area contributed by atoms with E-state index in [1.54, 1.807) is 18.2 Å². The van der Waals surface area contributed by atoms with Crippen molar-refractivity contribution in [3.63, 3.8) is 0 Å². The van der Waals surface area contributed by atoms with Crippen LogP contribution in [-0.4, -0.2) is 52.5 Å². The second kappa shape index (κ2) is 9.70. The second-order valence-electron chi connectivity index (χ2n) is 7.87. The molecular weight excluding hydrogens is 428 g/mol. The van der Waals surface area contributed by atoms with Crippen LogP contribution in [0.3, 0.4) is 0 Å². The molecule has 170 valence electrons. The summed E-state index contributed by atoms with van der Waals surface area (Å²) in [6, 6.07) is 13.7. The van der Waals surface area contributed by atoms with E-state index in [0.717, 1.165) is 31.6 Å². The molecule has 2 aliphatic heterocycles. The van der Waals surface area contributed by atoms with Gasteiger partial charge in [0.25, 0.3) is 10.0 Å². The highest BCUT2D eigenvalue weighted by atomic mass is 32.2. The first-order valence-corrected chi connectivity index (χ1v) is 12.4. The maximum absolute atomic E-state index is 13.0. The number of nitrogens with one attached hydrogen (secondary N) is 2. The van der Waals surface area contributed by atoms with Gasteiger partial charge in [0.2, 0.25) is 5.91 Å². The van der Waals surface area contributed by atoms with Crippen molar-refractivity contribution in [2.75, 3.05) is 36.5 Å². The SMILES string of the molecule is CCCCC(N=C1NS(=O)(=O)c2ccccc21)C(=O)Nc1ccc(N2CCOCC2)cc1. The third-order valence-corrected chi connectivity index (χ3v) is 6.99. The van der Waals surface area contributed by atoms with E-state index >= 15 is 0 Å². The van der Waals surface area contributed by atoms with Gasteiger partial charge in [0, 0.05) is 30.0 Å². The lowest BCUT2D eigenvalue weighted by atomic mass is 10.1. The maximum Gasteiger partial charge on any atom is 0.263 e. The van der Waals surface area contributed by atoms with E-state index in [1.807, 2.05) is 31.2 Å². The highest BCUT2D eigenvalue weighted by molar-refractivity contribution is 7.90. The number of rotatable bonds is 7. The molecule has 0 bridgehead atoms. The lowest BCUT2D eigenvalue weighted by molar-refractivity contribution is -0.117. The molecule has 1 atom stereocenters. The van der Waals surface area contributed by atoms with Crippen LogP contribution in [0.4, 0.5) is 11.4 Å². The fourth-order valence-electron chi connectivity index (χ4n) is 3.84. The van der Waals surface area contributed by atoms with Crippen LogP contribution >= 0.6 is 0 Å². The second-order valence-corrected chi connectivity index (χ2v) is 9.52. The molecule has 2 N–H and O–H groups in total. The molecule has 0 spiro atoms. The molecule has 1 amide bonds. The summed E-state index contributed by atoms with van der Waals surface area (Å²) < 4.78 is 32.6. The third kappa shape index (κ3) is 4.94. The summed E-state index contributed by atoms with van der Waals surface area (Å²) in [6.07, 6.45) is 2.24. The van der Waals surface area contributed by atoms with Gasteiger partial charge >= 0.3 is 0 Å². The van der Waals surface area contributed by atoms with Gasteiger partial charge in [-0.2, -0.15) is 0 Å². The molecule has 2 aliphatic rings. The molecule has 2 aromatic rings. The quantitative estimate of drug-likeness (QED) is 0.667. The molecule has 1 unspecified atom stereocenters. The number of unbranched alkanes of at least 4 members (excludes halogenated alkanes) is 1. The van der Waals surface area contributed by atoms with E-state index in [2.05, 4.69) is 19.9 Å². The first-order chi connectivity index (χ1) is 15.5. The molecule has 9 heteroatoms. The molecule has 4 rings (SSSR count). The largest absolute Gasteiger partial charge is 0.378 e. The van der Waals surface area contributed by atoms with Gasteiger partial charge in [-0.3, -0.25) is 14.5 Å². The van der Waals surface area contributed by atoms with Crippen molar-refractivity contribution < 1.29 is 17.9 Å². The molecule has 32 heavy (non-hydrogen) atoms. The van der Waals surface area contributed by atoms with E-state index in [1.165, 1.54) is 6.07 Å². The van der Waals surface area contributed by atoms with Crippen molar-refractivity contribution >= 4 is 33.1 Å². The molecule has 2 heterocycles. The number of ether oxygens (including phenoxy) is 1. The van der Waals surface area contributed by atoms with E-state index in [9.17, 15) is 13.2 Å². The smallest absolute Gasteiger partial charge is 0.263 e. The monoisotopic (exact) mass is 456 g/mol. The number of hydrogen-bond acceptors (Lipinski definition) is 6. The van der Waals surface area contributed by atoms with Crippen LogP contribution in [0, 0.1) is 0 Å². The van der Waals surface area contributed by atoms with Crippen LogP contribution in [0.15, 0.2) is 58.4 Å². The Balaban J connectivity index is 1.51. The van der Waals surface area contributed by atoms with Crippen LogP contribution < -0.4 is 14.9 Å². The Labute approximate surface area is 188 Å². The molecular formula is C23H28N4O4S. The minimum absolute atomic E-state index is 0.187. The van der Waals surface area contributed by atoms with Gasteiger partial charge in [-0.05, 0) is 42.8 Å². The highest BCUT2D eigenvalue weighted by Gasteiger charge is 2.31. The Morgan fingerprint density at radius 1 is 1.16 bits per heavy atom. The van der Waals surface area contributed by atoms with Gasteiger partial charge in [0.05, 0.1) is 18.1 Å². The number of hydrogen-bond donors (Lipinski definition) is 2. The molecule has 0 aromatic heterocycles. The predicted octanol–water partition coefficient (Wildman–Crippen LogP) is 2.76. The summed E-state index contributed by atoms with van der Waals surface area (Å²) in [7, 11) is -3.65. The minimum Gasteiger partial charge on any atom is -0.378 e. The Kier molecular flexibility index (Phi) is 6.76. The van der Waals surface area contributed by atoms with Crippen molar-refractivity contribution in [2.24, 2.45) is 4.99 Å². The lowest BCUT2D eigenvalue weighted by Gasteiger charge is -2.29. The van der Waals surface area contributed by atoms with Gasteiger partial charge in [0.1, 0.15) is 11.9 Å². The Morgan fingerprint density at radius 2 is 1.88 bits per heavy atom. The van der Waals surface area contributed by atoms with Crippen LogP contribution in [0.5, 0.6) is 0 Å². The van der Waals surface area contributed by atoms with Crippen molar-refractivity contribution in [3.05, 3.63) is 54.1 Å². The number of morpholine rings is 1. The summed E-state index contributed by atoms with van der Waals surface area (Å²) in [4.78, 5) is 20.0. The van der Waals surface area contributed by atoms with E-state index < -0.39 is 16.1 Å². The molecule has 1 fully saturated rings. The lowest BCUT2D eigenvalue weighted by Crippen LogP contribution is -2.36. The van der Waals surface area contributed by atoms with Gasteiger partial charge in [0.15, 0.2) is 0 Å². The Morgan fingerprint density at radius 3 is 2.59 bits per heavy atom. The first kappa shape index (κ1) is 22.3. The van der Waals surface area contributed by atoms with Crippen molar-refractivity contribution in [2.45, 2.75) is 37.1 Å². The first-order valence-electron chi connectivity index (χ1n) is 10.9. The molecule has 8 nitrogen and oxygen atoms in total. The topological polar surface area (TPSA) is 100 Å². The number of aliphatic imine (C=N–C) groups is 1. The average molecular weight is 457 g/mol. The van der Waals surface area contributed by atoms with Crippen LogP contribution in [-0.2, 0) is 19.6 Å². The number of anilines is 2. The van der Waals surface area contributed by atoms with Crippen molar-refractivity contribution in [1.82, 2.24) is 4.72 Å². The van der Waals surface area contributed by atoms with Crippen molar-refractivity contribution in [3.8, 4) is 0 Å². The van der Waals surface area contributed by atoms with Gasteiger partial charge in [-0.15, -0.1) is 0 Å². The van der Waals surface area contributed by atoms with Crippen molar-refractivity contribution in [1.29, 1.82) is 0 Å². The fraction of sp³-hybridized carbons (Fsp3) is 0.391. The average Bonchev–Trinajstić information content (AvgIpc) is 3.07. The number of fused-ring (bicyclic) bond motifs is 1. The normalized spacial score (nSPS) is 19.3. The van der Waals surface area contributed by atoms with E-state index in [4.69, 9.17) is 4.74 Å². The third-order valence-electron chi connectivity index (χ3n) is 5.59. The van der Waals surface area contributed by atoms with Gasteiger partial charge in [-0.1, -0.05) is 31.9 Å². The van der Waals surface area contributed by atoms with E-state index in [-0.39, 0.29) is 16.6 Å². The zero-order valence-corrected chi connectivity index (χ0v) is 18.9. The molecule has 0 aliphatic carbocycles. The van der Waals surface area contributed by atoms with Gasteiger partial charge < -0.3 is 15.0 Å². The number of amidine groups is 1. The zero-order valence-electron chi connectivity index (χ0n) is 18.1. The summed E-state index contributed by atoms with van der Waals surface area (Å²) in [5.41, 5.74) is 2.27. The molecule has 0 radical (unpaired) electrons. The number of carbonyl (C=O) groups is 1. The van der Waals surface area contributed by atoms with Crippen LogP contribution in [0.1, 0.15) is 31.7 Å². The number of carbonyl (C=O) groups excluding carboxylic acids is 1.